The van der Waals surface area contributed by atoms with Crippen LogP contribution in [0.2, 0.25) is 0 Å². The third kappa shape index (κ3) is 4.88. The molecule has 0 bridgehead atoms. The molecule has 0 radical (unpaired) electrons. The summed E-state index contributed by atoms with van der Waals surface area (Å²) in [5.74, 6) is 0.856. The van der Waals surface area contributed by atoms with Gasteiger partial charge in [0, 0.05) is 13.1 Å². The largest absolute Gasteiger partial charge is 0.493 e. The van der Waals surface area contributed by atoms with Crippen LogP contribution in [0.3, 0.4) is 0 Å². The van der Waals surface area contributed by atoms with E-state index in [1.165, 1.54) is 0 Å². The average Bonchev–Trinajstić information content (AvgIpc) is 2.61. The highest BCUT2D eigenvalue weighted by atomic mass is 35.5. The Balaban J connectivity index is 0.00000288. The molecule has 130 valence electrons. The molecular formula is C18H23ClN2O3. The monoisotopic (exact) mass is 350 g/mol. The maximum Gasteiger partial charge on any atom is 0.229 e. The van der Waals surface area contributed by atoms with Crippen molar-refractivity contribution in [1.29, 1.82) is 0 Å². The van der Waals surface area contributed by atoms with Crippen LogP contribution in [-0.4, -0.2) is 26.7 Å². The van der Waals surface area contributed by atoms with E-state index in [1.54, 1.807) is 14.2 Å². The summed E-state index contributed by atoms with van der Waals surface area (Å²) < 4.78 is 10.5. The second-order valence-electron chi connectivity index (χ2n) is 5.11. The Labute approximate surface area is 148 Å². The number of hydrogen-bond acceptors (Lipinski definition) is 4. The van der Waals surface area contributed by atoms with Crippen molar-refractivity contribution >= 4 is 18.3 Å². The van der Waals surface area contributed by atoms with Crippen LogP contribution in [0, 0.1) is 0 Å². The molecule has 0 spiro atoms. The van der Waals surface area contributed by atoms with Gasteiger partial charge in [-0.3, -0.25) is 4.79 Å². The predicted octanol–water partition coefficient (Wildman–Crippen LogP) is 2.48. The van der Waals surface area contributed by atoms with Gasteiger partial charge in [0.15, 0.2) is 11.5 Å². The predicted molar refractivity (Wildman–Crippen MR) is 96.9 cm³/mol. The van der Waals surface area contributed by atoms with E-state index in [-0.39, 0.29) is 30.8 Å². The first-order valence-corrected chi connectivity index (χ1v) is 7.43. The highest BCUT2D eigenvalue weighted by molar-refractivity contribution is 5.85. The highest BCUT2D eigenvalue weighted by Crippen LogP contribution is 2.27. The quantitative estimate of drug-likeness (QED) is 0.804. The van der Waals surface area contributed by atoms with Crippen LogP contribution < -0.4 is 20.5 Å². The maximum atomic E-state index is 12.4. The summed E-state index contributed by atoms with van der Waals surface area (Å²) in [7, 11) is 3.17. The summed E-state index contributed by atoms with van der Waals surface area (Å²) >= 11 is 0. The lowest BCUT2D eigenvalue weighted by atomic mass is 9.98. The molecule has 0 saturated heterocycles. The molecule has 0 aromatic heterocycles. The minimum Gasteiger partial charge on any atom is -0.493 e. The Hall–Kier alpha value is -2.24. The molecule has 1 unspecified atom stereocenters. The molecule has 0 saturated carbocycles. The minimum absolute atomic E-state index is 0. The molecule has 0 fully saturated rings. The van der Waals surface area contributed by atoms with Crippen molar-refractivity contribution in [3.8, 4) is 11.5 Å². The van der Waals surface area contributed by atoms with Gasteiger partial charge >= 0.3 is 0 Å². The zero-order chi connectivity index (χ0) is 16.7. The fourth-order valence-electron chi connectivity index (χ4n) is 2.38. The van der Waals surface area contributed by atoms with Crippen LogP contribution in [-0.2, 0) is 11.3 Å². The summed E-state index contributed by atoms with van der Waals surface area (Å²) in [6.07, 6.45) is 0. The van der Waals surface area contributed by atoms with Gasteiger partial charge in [0.1, 0.15) is 0 Å². The van der Waals surface area contributed by atoms with Crippen molar-refractivity contribution in [3.63, 3.8) is 0 Å². The Bertz CT molecular complexity index is 650. The number of nitrogens with two attached hydrogens (primary N) is 1. The van der Waals surface area contributed by atoms with E-state index >= 15 is 0 Å². The SMILES string of the molecule is COc1ccc(CNC(=O)C(CN)c2ccccc2)cc1OC.Cl. The van der Waals surface area contributed by atoms with Crippen molar-refractivity contribution in [2.24, 2.45) is 5.73 Å². The zero-order valence-electron chi connectivity index (χ0n) is 13.8. The third-order valence-corrected chi connectivity index (χ3v) is 3.67. The van der Waals surface area contributed by atoms with Crippen LogP contribution in [0.15, 0.2) is 48.5 Å². The fourth-order valence-corrected chi connectivity index (χ4v) is 2.38. The van der Waals surface area contributed by atoms with Crippen LogP contribution in [0.25, 0.3) is 0 Å². The molecule has 0 aliphatic carbocycles. The zero-order valence-corrected chi connectivity index (χ0v) is 14.6. The van der Waals surface area contributed by atoms with E-state index in [0.29, 0.717) is 18.0 Å². The Morgan fingerprint density at radius 2 is 1.75 bits per heavy atom. The lowest BCUT2D eigenvalue weighted by Gasteiger charge is -2.16. The van der Waals surface area contributed by atoms with E-state index in [2.05, 4.69) is 5.32 Å². The second-order valence-corrected chi connectivity index (χ2v) is 5.11. The van der Waals surface area contributed by atoms with Gasteiger partial charge in [0.2, 0.25) is 5.91 Å². The van der Waals surface area contributed by atoms with Gasteiger partial charge in [-0.25, -0.2) is 0 Å². The van der Waals surface area contributed by atoms with E-state index in [4.69, 9.17) is 15.2 Å². The first-order chi connectivity index (χ1) is 11.2. The number of halogens is 1. The molecule has 3 N–H and O–H groups in total. The van der Waals surface area contributed by atoms with Gasteiger partial charge in [0.25, 0.3) is 0 Å². The van der Waals surface area contributed by atoms with E-state index in [1.807, 2.05) is 48.5 Å². The number of nitrogens with one attached hydrogen (secondary N) is 1. The topological polar surface area (TPSA) is 73.6 Å². The summed E-state index contributed by atoms with van der Waals surface area (Å²) in [5, 5.41) is 2.92. The Morgan fingerprint density at radius 1 is 1.08 bits per heavy atom. The van der Waals surface area contributed by atoms with Gasteiger partial charge in [-0.2, -0.15) is 0 Å². The number of hydrogen-bond donors (Lipinski definition) is 2. The summed E-state index contributed by atoms with van der Waals surface area (Å²) in [5.41, 5.74) is 7.61. The Kier molecular flexibility index (Phi) is 8.09. The number of rotatable bonds is 7. The van der Waals surface area contributed by atoms with Crippen molar-refractivity contribution in [1.82, 2.24) is 5.32 Å². The lowest BCUT2D eigenvalue weighted by molar-refractivity contribution is -0.122. The molecule has 6 heteroatoms. The van der Waals surface area contributed by atoms with E-state index in [0.717, 1.165) is 11.1 Å². The Morgan fingerprint density at radius 3 is 2.33 bits per heavy atom. The van der Waals surface area contributed by atoms with Crippen LogP contribution in [0.1, 0.15) is 17.0 Å². The number of methoxy groups -OCH3 is 2. The molecule has 0 aliphatic heterocycles. The standard InChI is InChI=1S/C18H22N2O3.ClH/c1-22-16-9-8-13(10-17(16)23-2)12-20-18(21)15(11-19)14-6-4-3-5-7-14;/h3-10,15H,11-12,19H2,1-2H3,(H,20,21);1H. The van der Waals surface area contributed by atoms with Gasteiger partial charge in [-0.1, -0.05) is 36.4 Å². The first kappa shape index (κ1) is 19.8. The summed E-state index contributed by atoms with van der Waals surface area (Å²) in [4.78, 5) is 12.4. The molecule has 24 heavy (non-hydrogen) atoms. The second kappa shape index (κ2) is 9.80. The number of amides is 1. The molecular weight excluding hydrogens is 328 g/mol. The number of ether oxygens (including phenoxy) is 2. The fraction of sp³-hybridized carbons (Fsp3) is 0.278. The summed E-state index contributed by atoms with van der Waals surface area (Å²) in [6.45, 7) is 0.671. The average molecular weight is 351 g/mol. The van der Waals surface area contributed by atoms with Gasteiger partial charge in [-0.15, -0.1) is 12.4 Å². The summed E-state index contributed by atoms with van der Waals surface area (Å²) in [6, 6.07) is 15.1. The normalized spacial score (nSPS) is 11.1. The van der Waals surface area contributed by atoms with Gasteiger partial charge in [0.05, 0.1) is 20.1 Å². The molecule has 2 aromatic carbocycles. The minimum atomic E-state index is -0.351. The van der Waals surface area contributed by atoms with Crippen molar-refractivity contribution < 1.29 is 14.3 Å². The molecule has 1 amide bonds. The number of carbonyl (C=O) groups is 1. The molecule has 2 rings (SSSR count). The first-order valence-electron chi connectivity index (χ1n) is 7.43. The molecule has 5 nitrogen and oxygen atoms in total. The van der Waals surface area contributed by atoms with Crippen LogP contribution in [0.5, 0.6) is 11.5 Å². The van der Waals surface area contributed by atoms with E-state index in [9.17, 15) is 4.79 Å². The maximum absolute atomic E-state index is 12.4. The van der Waals surface area contributed by atoms with Gasteiger partial charge in [-0.05, 0) is 23.3 Å². The molecule has 0 aliphatic rings. The van der Waals surface area contributed by atoms with E-state index < -0.39 is 0 Å². The van der Waals surface area contributed by atoms with Crippen molar-refractivity contribution in [3.05, 3.63) is 59.7 Å². The number of carbonyl (C=O) groups excluding carboxylic acids is 1. The molecule has 2 aromatic rings. The highest BCUT2D eigenvalue weighted by Gasteiger charge is 2.18. The third-order valence-electron chi connectivity index (χ3n) is 3.67. The van der Waals surface area contributed by atoms with Crippen molar-refractivity contribution in [2.75, 3.05) is 20.8 Å². The van der Waals surface area contributed by atoms with Crippen molar-refractivity contribution in [2.45, 2.75) is 12.5 Å². The number of benzene rings is 2. The van der Waals surface area contributed by atoms with Gasteiger partial charge < -0.3 is 20.5 Å². The molecule has 1 atom stereocenters. The van der Waals surface area contributed by atoms with Crippen LogP contribution >= 0.6 is 12.4 Å². The molecule has 0 heterocycles. The smallest absolute Gasteiger partial charge is 0.229 e. The lowest BCUT2D eigenvalue weighted by Crippen LogP contribution is -2.33. The van der Waals surface area contributed by atoms with Crippen LogP contribution in [0.4, 0.5) is 0 Å².